The second-order valence-electron chi connectivity index (χ2n) is 7.18. The van der Waals surface area contributed by atoms with Crippen LogP contribution in [0.2, 0.25) is 0 Å². The first-order valence-corrected chi connectivity index (χ1v) is 10.2. The SMILES string of the molecule is CCNC(=NCc1cccc(OCC(=O)N(C)C)c1)NCCCN1CCCC1=O.I. The lowest BCUT2D eigenvalue weighted by Crippen LogP contribution is -2.39. The summed E-state index contributed by atoms with van der Waals surface area (Å²) in [6.45, 7) is 5.73. The van der Waals surface area contributed by atoms with Gasteiger partial charge in [-0.05, 0) is 37.5 Å². The maximum atomic E-state index is 11.7. The highest BCUT2D eigenvalue weighted by Crippen LogP contribution is 2.14. The molecule has 0 unspecified atom stereocenters. The van der Waals surface area contributed by atoms with Crippen LogP contribution in [0.4, 0.5) is 0 Å². The van der Waals surface area contributed by atoms with Crippen molar-refractivity contribution < 1.29 is 14.3 Å². The molecular formula is C21H34IN5O3. The maximum absolute atomic E-state index is 11.7. The molecule has 8 nitrogen and oxygen atoms in total. The van der Waals surface area contributed by atoms with E-state index in [2.05, 4.69) is 15.6 Å². The monoisotopic (exact) mass is 531 g/mol. The third-order valence-electron chi connectivity index (χ3n) is 4.59. The van der Waals surface area contributed by atoms with Crippen molar-refractivity contribution in [2.75, 3.05) is 46.9 Å². The van der Waals surface area contributed by atoms with Gasteiger partial charge in [0.2, 0.25) is 5.91 Å². The number of likely N-dealkylation sites (N-methyl/N-ethyl adjacent to an activating group) is 1. The third-order valence-corrected chi connectivity index (χ3v) is 4.59. The predicted molar refractivity (Wildman–Crippen MR) is 129 cm³/mol. The molecular weight excluding hydrogens is 497 g/mol. The number of rotatable bonds is 10. The Balaban J connectivity index is 0.00000450. The van der Waals surface area contributed by atoms with E-state index in [9.17, 15) is 9.59 Å². The predicted octanol–water partition coefficient (Wildman–Crippen LogP) is 1.84. The van der Waals surface area contributed by atoms with Gasteiger partial charge in [0.1, 0.15) is 5.75 Å². The first-order valence-electron chi connectivity index (χ1n) is 10.2. The molecule has 2 amide bonds. The Bertz CT molecular complexity index is 712. The molecule has 1 fully saturated rings. The lowest BCUT2D eigenvalue weighted by Gasteiger charge is -2.16. The molecule has 1 aromatic rings. The quantitative estimate of drug-likeness (QED) is 0.208. The second-order valence-corrected chi connectivity index (χ2v) is 7.18. The van der Waals surface area contributed by atoms with Crippen molar-refractivity contribution in [1.82, 2.24) is 20.4 Å². The number of halogens is 1. The number of carbonyl (C=O) groups is 2. The number of ether oxygens (including phenoxy) is 1. The number of amides is 2. The van der Waals surface area contributed by atoms with Gasteiger partial charge in [-0.2, -0.15) is 0 Å². The zero-order valence-electron chi connectivity index (χ0n) is 18.1. The molecule has 1 aliphatic rings. The van der Waals surface area contributed by atoms with Crippen LogP contribution in [0, 0.1) is 0 Å². The van der Waals surface area contributed by atoms with E-state index in [1.807, 2.05) is 36.1 Å². The van der Waals surface area contributed by atoms with Gasteiger partial charge in [-0.15, -0.1) is 24.0 Å². The summed E-state index contributed by atoms with van der Waals surface area (Å²) in [6, 6.07) is 7.61. The van der Waals surface area contributed by atoms with Crippen molar-refractivity contribution in [2.24, 2.45) is 4.99 Å². The molecule has 0 aromatic heterocycles. The van der Waals surface area contributed by atoms with Crippen molar-refractivity contribution >= 4 is 41.8 Å². The highest BCUT2D eigenvalue weighted by Gasteiger charge is 2.18. The van der Waals surface area contributed by atoms with Gasteiger partial charge in [-0.25, -0.2) is 4.99 Å². The van der Waals surface area contributed by atoms with Crippen molar-refractivity contribution in [3.05, 3.63) is 29.8 Å². The number of hydrogen-bond donors (Lipinski definition) is 2. The van der Waals surface area contributed by atoms with E-state index in [0.717, 1.165) is 50.5 Å². The van der Waals surface area contributed by atoms with Crippen LogP contribution >= 0.6 is 24.0 Å². The van der Waals surface area contributed by atoms with Crippen molar-refractivity contribution in [1.29, 1.82) is 0 Å². The molecule has 0 atom stereocenters. The topological polar surface area (TPSA) is 86.3 Å². The van der Waals surface area contributed by atoms with E-state index >= 15 is 0 Å². The van der Waals surface area contributed by atoms with E-state index in [1.54, 1.807) is 14.1 Å². The minimum absolute atomic E-state index is 0. The smallest absolute Gasteiger partial charge is 0.259 e. The molecule has 9 heteroatoms. The molecule has 1 aliphatic heterocycles. The zero-order valence-corrected chi connectivity index (χ0v) is 20.5. The summed E-state index contributed by atoms with van der Waals surface area (Å²) in [7, 11) is 3.41. The summed E-state index contributed by atoms with van der Waals surface area (Å²) >= 11 is 0. The molecule has 0 saturated carbocycles. The maximum Gasteiger partial charge on any atom is 0.259 e. The second kappa shape index (κ2) is 14.1. The van der Waals surface area contributed by atoms with Crippen molar-refractivity contribution in [2.45, 2.75) is 32.7 Å². The van der Waals surface area contributed by atoms with Gasteiger partial charge in [0.15, 0.2) is 12.6 Å². The van der Waals surface area contributed by atoms with Gasteiger partial charge in [-0.3, -0.25) is 9.59 Å². The number of guanidine groups is 1. The molecule has 2 rings (SSSR count). The minimum Gasteiger partial charge on any atom is -0.484 e. The molecule has 0 spiro atoms. The Morgan fingerprint density at radius 3 is 2.77 bits per heavy atom. The Morgan fingerprint density at radius 2 is 2.10 bits per heavy atom. The van der Waals surface area contributed by atoms with Crippen LogP contribution < -0.4 is 15.4 Å². The van der Waals surface area contributed by atoms with Crippen LogP contribution in [0.5, 0.6) is 5.75 Å². The highest BCUT2D eigenvalue weighted by atomic mass is 127. The molecule has 0 aliphatic carbocycles. The van der Waals surface area contributed by atoms with Gasteiger partial charge in [0.05, 0.1) is 6.54 Å². The molecule has 0 radical (unpaired) electrons. The summed E-state index contributed by atoms with van der Waals surface area (Å²) in [4.78, 5) is 31.3. The van der Waals surface area contributed by atoms with Crippen LogP contribution in [-0.4, -0.2) is 74.5 Å². The average Bonchev–Trinajstić information content (AvgIpc) is 3.12. The fourth-order valence-corrected chi connectivity index (χ4v) is 2.94. The number of nitrogens with one attached hydrogen (secondary N) is 2. The molecule has 0 bridgehead atoms. The summed E-state index contributed by atoms with van der Waals surface area (Å²) in [5, 5.41) is 6.55. The van der Waals surface area contributed by atoms with Gasteiger partial charge in [0.25, 0.3) is 5.91 Å². The van der Waals surface area contributed by atoms with E-state index < -0.39 is 0 Å². The normalized spacial score (nSPS) is 13.6. The average molecular weight is 531 g/mol. The van der Waals surface area contributed by atoms with Gasteiger partial charge < -0.3 is 25.2 Å². The Morgan fingerprint density at radius 1 is 1.30 bits per heavy atom. The molecule has 1 saturated heterocycles. The zero-order chi connectivity index (χ0) is 21.1. The van der Waals surface area contributed by atoms with Crippen molar-refractivity contribution in [3.8, 4) is 5.75 Å². The summed E-state index contributed by atoms with van der Waals surface area (Å²) in [5.74, 6) is 1.58. The molecule has 2 N–H and O–H groups in total. The lowest BCUT2D eigenvalue weighted by atomic mass is 10.2. The standard InChI is InChI=1S/C21H33N5O3.HI/c1-4-22-21(23-11-7-13-26-12-6-10-19(26)27)24-15-17-8-5-9-18(14-17)29-16-20(28)25(2)3;/h5,8-9,14H,4,6-7,10-13,15-16H2,1-3H3,(H2,22,23,24);1H. The largest absolute Gasteiger partial charge is 0.484 e. The fraction of sp³-hybridized carbons (Fsp3) is 0.571. The number of carbonyl (C=O) groups excluding carboxylic acids is 2. The van der Waals surface area contributed by atoms with E-state index in [1.165, 1.54) is 4.90 Å². The first-order chi connectivity index (χ1) is 14.0. The number of hydrogen-bond acceptors (Lipinski definition) is 4. The Kier molecular flexibility index (Phi) is 12.2. The number of nitrogens with zero attached hydrogens (tertiary/aromatic N) is 3. The summed E-state index contributed by atoms with van der Waals surface area (Å²) in [5.41, 5.74) is 1.000. The number of benzene rings is 1. The molecule has 1 aromatic carbocycles. The molecule has 30 heavy (non-hydrogen) atoms. The first kappa shape index (κ1) is 26.0. The van der Waals surface area contributed by atoms with Crippen LogP contribution in [0.1, 0.15) is 31.7 Å². The van der Waals surface area contributed by atoms with Crippen molar-refractivity contribution in [3.63, 3.8) is 0 Å². The van der Waals surface area contributed by atoms with Crippen LogP contribution in [0.3, 0.4) is 0 Å². The van der Waals surface area contributed by atoms with E-state index in [0.29, 0.717) is 18.7 Å². The van der Waals surface area contributed by atoms with Crippen LogP contribution in [0.25, 0.3) is 0 Å². The van der Waals surface area contributed by atoms with Crippen LogP contribution in [-0.2, 0) is 16.1 Å². The minimum atomic E-state index is -0.0808. The van der Waals surface area contributed by atoms with Gasteiger partial charge in [0, 0.05) is 46.7 Å². The Labute approximate surface area is 196 Å². The number of likely N-dealkylation sites (tertiary alicyclic amines) is 1. The van der Waals surface area contributed by atoms with E-state index in [-0.39, 0.29) is 42.4 Å². The fourth-order valence-electron chi connectivity index (χ4n) is 2.94. The molecule has 168 valence electrons. The van der Waals surface area contributed by atoms with Gasteiger partial charge in [-0.1, -0.05) is 12.1 Å². The summed E-state index contributed by atoms with van der Waals surface area (Å²) < 4.78 is 5.56. The molecule has 1 heterocycles. The van der Waals surface area contributed by atoms with Crippen LogP contribution in [0.15, 0.2) is 29.3 Å². The highest BCUT2D eigenvalue weighted by molar-refractivity contribution is 14.0. The lowest BCUT2D eigenvalue weighted by molar-refractivity contribution is -0.130. The van der Waals surface area contributed by atoms with E-state index in [4.69, 9.17) is 4.74 Å². The Hall–Kier alpha value is -2.04. The van der Waals surface area contributed by atoms with Gasteiger partial charge >= 0.3 is 0 Å². The summed E-state index contributed by atoms with van der Waals surface area (Å²) in [6.07, 6.45) is 2.55. The number of aliphatic imine (C=N–C) groups is 1. The third kappa shape index (κ3) is 9.19.